The Balaban J connectivity index is 2.03. The van der Waals surface area contributed by atoms with Crippen LogP contribution in [0.5, 0.6) is 0 Å². The van der Waals surface area contributed by atoms with Gasteiger partial charge in [-0.05, 0) is 44.0 Å². The second kappa shape index (κ2) is 8.66. The summed E-state index contributed by atoms with van der Waals surface area (Å²) in [6.07, 6.45) is -0.512. The molecule has 1 atom stereocenters. The van der Waals surface area contributed by atoms with Gasteiger partial charge in [0, 0.05) is 12.0 Å². The molecule has 0 aromatic heterocycles. The van der Waals surface area contributed by atoms with Crippen LogP contribution in [0.3, 0.4) is 0 Å². The highest BCUT2D eigenvalue weighted by atomic mass is 16.6. The van der Waals surface area contributed by atoms with E-state index in [9.17, 15) is 14.4 Å². The van der Waals surface area contributed by atoms with Crippen LogP contribution in [0.25, 0.3) is 10.8 Å². The van der Waals surface area contributed by atoms with E-state index in [0.29, 0.717) is 5.56 Å². The molecule has 0 aliphatic rings. The summed E-state index contributed by atoms with van der Waals surface area (Å²) < 4.78 is 9.88. The Labute approximate surface area is 158 Å². The summed E-state index contributed by atoms with van der Waals surface area (Å²) in [4.78, 5) is 36.4. The van der Waals surface area contributed by atoms with Crippen molar-refractivity contribution < 1.29 is 23.9 Å². The van der Waals surface area contributed by atoms with Gasteiger partial charge in [-0.1, -0.05) is 36.4 Å². The van der Waals surface area contributed by atoms with Gasteiger partial charge in [-0.25, -0.2) is 9.59 Å². The second-order valence-corrected chi connectivity index (χ2v) is 7.25. The fourth-order valence-electron chi connectivity index (χ4n) is 2.62. The van der Waals surface area contributed by atoms with Gasteiger partial charge in [0.05, 0.1) is 7.11 Å². The molecule has 27 heavy (non-hydrogen) atoms. The summed E-state index contributed by atoms with van der Waals surface area (Å²) >= 11 is 0. The maximum Gasteiger partial charge on any atom is 0.408 e. The molecule has 0 radical (unpaired) electrons. The number of Topliss-reactive ketones (excluding diaryl/α,β-unsaturated/α-hetero) is 1. The number of fused-ring (bicyclic) bond motifs is 1. The summed E-state index contributed by atoms with van der Waals surface area (Å²) in [5, 5.41) is 4.49. The summed E-state index contributed by atoms with van der Waals surface area (Å²) in [5.74, 6) is -0.729. The lowest BCUT2D eigenvalue weighted by molar-refractivity contribution is -0.143. The lowest BCUT2D eigenvalue weighted by Gasteiger charge is -2.22. The van der Waals surface area contributed by atoms with E-state index in [0.717, 1.165) is 10.8 Å². The first-order chi connectivity index (χ1) is 12.7. The van der Waals surface area contributed by atoms with Gasteiger partial charge in [-0.15, -0.1) is 0 Å². The number of hydrogen-bond acceptors (Lipinski definition) is 5. The van der Waals surface area contributed by atoms with Gasteiger partial charge < -0.3 is 14.8 Å². The minimum Gasteiger partial charge on any atom is -0.467 e. The van der Waals surface area contributed by atoms with Gasteiger partial charge in [0.15, 0.2) is 5.78 Å². The van der Waals surface area contributed by atoms with Crippen LogP contribution in [0, 0.1) is 0 Å². The lowest BCUT2D eigenvalue weighted by atomic mass is 10.0. The van der Waals surface area contributed by atoms with Crippen molar-refractivity contribution in [2.45, 2.75) is 45.3 Å². The first-order valence-electron chi connectivity index (χ1n) is 8.79. The maximum absolute atomic E-state index is 12.5. The van der Waals surface area contributed by atoms with E-state index < -0.39 is 23.7 Å². The number of rotatable bonds is 6. The van der Waals surface area contributed by atoms with Crippen molar-refractivity contribution >= 4 is 28.6 Å². The number of esters is 1. The van der Waals surface area contributed by atoms with Gasteiger partial charge in [-0.3, -0.25) is 4.79 Å². The third-order valence-corrected chi connectivity index (χ3v) is 3.91. The molecule has 0 bridgehead atoms. The molecule has 2 aromatic rings. The minimum atomic E-state index is -0.950. The van der Waals surface area contributed by atoms with Gasteiger partial charge in [0.1, 0.15) is 11.6 Å². The van der Waals surface area contributed by atoms with Crippen LogP contribution in [0.1, 0.15) is 44.0 Å². The van der Waals surface area contributed by atoms with E-state index in [4.69, 9.17) is 9.47 Å². The number of benzene rings is 2. The SMILES string of the molecule is COC(=O)[C@H](CCC(=O)c1ccc2ccccc2c1)NC(=O)OC(C)(C)C. The van der Waals surface area contributed by atoms with Gasteiger partial charge >= 0.3 is 12.1 Å². The molecular weight excluding hydrogens is 346 g/mol. The number of alkyl carbamates (subject to hydrolysis) is 1. The molecule has 0 fully saturated rings. The van der Waals surface area contributed by atoms with Crippen molar-refractivity contribution in [3.63, 3.8) is 0 Å². The molecule has 1 amide bonds. The van der Waals surface area contributed by atoms with Crippen LogP contribution in [-0.2, 0) is 14.3 Å². The van der Waals surface area contributed by atoms with Crippen LogP contribution in [-0.4, -0.2) is 36.6 Å². The van der Waals surface area contributed by atoms with Crippen molar-refractivity contribution in [2.75, 3.05) is 7.11 Å². The third-order valence-electron chi connectivity index (χ3n) is 3.91. The van der Waals surface area contributed by atoms with E-state index in [1.54, 1.807) is 26.8 Å². The van der Waals surface area contributed by atoms with Crippen LogP contribution in [0.15, 0.2) is 42.5 Å². The zero-order valence-electron chi connectivity index (χ0n) is 16.1. The molecule has 6 heteroatoms. The number of carbonyl (C=O) groups is 3. The molecule has 0 spiro atoms. The topological polar surface area (TPSA) is 81.7 Å². The van der Waals surface area contributed by atoms with Gasteiger partial charge in [0.25, 0.3) is 0 Å². The molecule has 2 rings (SSSR count). The average molecular weight is 371 g/mol. The Morgan fingerprint density at radius 2 is 1.70 bits per heavy atom. The molecule has 1 N–H and O–H groups in total. The molecule has 0 unspecified atom stereocenters. The Bertz CT molecular complexity index is 838. The molecular formula is C21H25NO5. The maximum atomic E-state index is 12.5. The fraction of sp³-hybridized carbons (Fsp3) is 0.381. The highest BCUT2D eigenvalue weighted by Gasteiger charge is 2.25. The highest BCUT2D eigenvalue weighted by molar-refractivity contribution is 6.00. The van der Waals surface area contributed by atoms with Crippen LogP contribution in [0.4, 0.5) is 4.79 Å². The van der Waals surface area contributed by atoms with Crippen molar-refractivity contribution in [2.24, 2.45) is 0 Å². The summed E-state index contributed by atoms with van der Waals surface area (Å²) in [6.45, 7) is 5.18. The lowest BCUT2D eigenvalue weighted by Crippen LogP contribution is -2.44. The van der Waals surface area contributed by atoms with Crippen LogP contribution >= 0.6 is 0 Å². The van der Waals surface area contributed by atoms with Crippen molar-refractivity contribution in [1.82, 2.24) is 5.32 Å². The summed E-state index contributed by atoms with van der Waals surface area (Å²) in [6, 6.07) is 12.3. The van der Waals surface area contributed by atoms with Gasteiger partial charge in [-0.2, -0.15) is 0 Å². The summed E-state index contributed by atoms with van der Waals surface area (Å²) in [7, 11) is 1.23. The standard InChI is InChI=1S/C21H25NO5/c1-21(2,3)27-20(25)22-17(19(24)26-4)11-12-18(23)16-10-9-14-7-5-6-8-15(14)13-16/h5-10,13,17H,11-12H2,1-4H3,(H,22,25)/t17-/m0/s1. The number of methoxy groups -OCH3 is 1. The number of ether oxygens (including phenoxy) is 2. The van der Waals surface area contributed by atoms with Crippen LogP contribution in [0.2, 0.25) is 0 Å². The average Bonchev–Trinajstić information content (AvgIpc) is 2.62. The van der Waals surface area contributed by atoms with Gasteiger partial charge in [0.2, 0.25) is 0 Å². The largest absolute Gasteiger partial charge is 0.467 e. The second-order valence-electron chi connectivity index (χ2n) is 7.25. The first kappa shape index (κ1) is 20.4. The molecule has 6 nitrogen and oxygen atoms in total. The third kappa shape index (κ3) is 6.09. The number of hydrogen-bond donors (Lipinski definition) is 1. The van der Waals surface area contributed by atoms with E-state index >= 15 is 0 Å². The minimum absolute atomic E-state index is 0.0912. The van der Waals surface area contributed by atoms with Crippen molar-refractivity contribution in [3.05, 3.63) is 48.0 Å². The Morgan fingerprint density at radius 1 is 1.04 bits per heavy atom. The normalized spacial score (nSPS) is 12.3. The number of ketones is 1. The van der Waals surface area contributed by atoms with Crippen molar-refractivity contribution in [3.8, 4) is 0 Å². The van der Waals surface area contributed by atoms with E-state index in [1.807, 2.05) is 36.4 Å². The smallest absolute Gasteiger partial charge is 0.408 e. The summed E-state index contributed by atoms with van der Waals surface area (Å²) in [5.41, 5.74) is -0.124. The number of carbonyl (C=O) groups excluding carboxylic acids is 3. The Morgan fingerprint density at radius 3 is 2.33 bits per heavy atom. The number of amides is 1. The Hall–Kier alpha value is -2.89. The molecule has 0 saturated carbocycles. The monoisotopic (exact) mass is 371 g/mol. The van der Waals surface area contributed by atoms with Crippen LogP contribution < -0.4 is 5.32 Å². The quantitative estimate of drug-likeness (QED) is 0.616. The van der Waals surface area contributed by atoms with E-state index in [2.05, 4.69) is 5.32 Å². The first-order valence-corrected chi connectivity index (χ1v) is 8.79. The highest BCUT2D eigenvalue weighted by Crippen LogP contribution is 2.18. The molecule has 0 heterocycles. The van der Waals surface area contributed by atoms with E-state index in [1.165, 1.54) is 7.11 Å². The molecule has 0 aliphatic carbocycles. The molecule has 2 aromatic carbocycles. The molecule has 0 saturated heterocycles. The zero-order valence-corrected chi connectivity index (χ0v) is 16.1. The number of nitrogens with one attached hydrogen (secondary N) is 1. The predicted molar refractivity (Wildman–Crippen MR) is 103 cm³/mol. The molecule has 0 aliphatic heterocycles. The fourth-order valence-corrected chi connectivity index (χ4v) is 2.62. The molecule has 144 valence electrons. The zero-order chi connectivity index (χ0) is 20.0. The van der Waals surface area contributed by atoms with Crippen molar-refractivity contribution in [1.29, 1.82) is 0 Å². The predicted octanol–water partition coefficient (Wildman–Crippen LogP) is 3.87. The Kier molecular flexibility index (Phi) is 6.55. The van der Waals surface area contributed by atoms with E-state index in [-0.39, 0.29) is 18.6 Å².